The van der Waals surface area contributed by atoms with Crippen molar-refractivity contribution >= 4 is 40.2 Å². The van der Waals surface area contributed by atoms with E-state index in [1.165, 1.54) is 0 Å². The molecule has 1 unspecified atom stereocenters. The minimum atomic E-state index is -0.613. The van der Waals surface area contributed by atoms with Gasteiger partial charge in [0.1, 0.15) is 0 Å². The van der Waals surface area contributed by atoms with Gasteiger partial charge in [0, 0.05) is 30.7 Å². The summed E-state index contributed by atoms with van der Waals surface area (Å²) >= 11 is 1.64. The Labute approximate surface area is 281 Å². The summed E-state index contributed by atoms with van der Waals surface area (Å²) in [6.07, 6.45) is 8.96. The van der Waals surface area contributed by atoms with Crippen molar-refractivity contribution in [3.05, 3.63) is 48.0 Å². The van der Waals surface area contributed by atoms with Crippen LogP contribution in [0.2, 0.25) is 0 Å². The lowest BCUT2D eigenvalue weighted by Gasteiger charge is -2.29. The highest BCUT2D eigenvalue weighted by atomic mass is 32.2. The number of allylic oxidation sites excluding steroid dienone is 1. The lowest BCUT2D eigenvalue weighted by atomic mass is 9.87. The molecule has 2 amide bonds. The summed E-state index contributed by atoms with van der Waals surface area (Å²) < 4.78 is 0. The zero-order valence-corrected chi connectivity index (χ0v) is 30.0. The number of nitrogens with zero attached hydrogens (tertiary/aromatic N) is 2. The van der Waals surface area contributed by atoms with Crippen molar-refractivity contribution in [1.82, 2.24) is 10.2 Å². The SMILES string of the molecule is CC[C@H](NC(=O)[C@@H](CC(=O)[C@@H]1CCCN1C(=O)[C@H](/C=C/[C@@H](C)CC(C)C)Cc1ccccc1)C(C)C)C(=O)CC1=NCCC(C)S1. The molecule has 0 bridgehead atoms. The Morgan fingerprint density at radius 3 is 2.39 bits per heavy atom. The molecule has 1 aromatic carbocycles. The number of hydrogen-bond acceptors (Lipinski definition) is 6. The number of ketones is 2. The average molecular weight is 652 g/mol. The first-order chi connectivity index (χ1) is 21.9. The molecule has 0 aliphatic carbocycles. The van der Waals surface area contributed by atoms with Gasteiger partial charge in [-0.2, -0.15) is 0 Å². The number of aliphatic imine (C=N–C) groups is 1. The number of nitrogens with one attached hydrogen (secondary N) is 1. The van der Waals surface area contributed by atoms with Crippen LogP contribution in [0.5, 0.6) is 0 Å². The minimum absolute atomic E-state index is 0.0206. The second-order valence-corrected chi connectivity index (χ2v) is 15.6. The maximum atomic E-state index is 14.1. The number of rotatable bonds is 17. The first-order valence-corrected chi connectivity index (χ1v) is 18.4. The van der Waals surface area contributed by atoms with Crippen LogP contribution in [0.3, 0.4) is 0 Å². The molecule has 8 heteroatoms. The second-order valence-electron chi connectivity index (χ2n) is 14.1. The first kappa shape index (κ1) is 37.7. The van der Waals surface area contributed by atoms with Crippen LogP contribution in [-0.2, 0) is 25.6 Å². The predicted molar refractivity (Wildman–Crippen MR) is 190 cm³/mol. The van der Waals surface area contributed by atoms with Gasteiger partial charge in [-0.1, -0.05) is 91.0 Å². The lowest BCUT2D eigenvalue weighted by Crippen LogP contribution is -2.47. The van der Waals surface area contributed by atoms with Crippen LogP contribution >= 0.6 is 11.8 Å². The average Bonchev–Trinajstić information content (AvgIpc) is 3.50. The Bertz CT molecular complexity index is 1230. The second kappa shape index (κ2) is 18.6. The molecule has 2 heterocycles. The smallest absolute Gasteiger partial charge is 0.230 e. The fourth-order valence-electron chi connectivity index (χ4n) is 6.57. The van der Waals surface area contributed by atoms with E-state index in [0.717, 1.165) is 36.4 Å². The molecule has 1 aromatic rings. The Morgan fingerprint density at radius 2 is 1.76 bits per heavy atom. The molecule has 0 saturated carbocycles. The van der Waals surface area contributed by atoms with E-state index in [1.54, 1.807) is 16.7 Å². The summed E-state index contributed by atoms with van der Waals surface area (Å²) in [5.74, 6) is -0.528. The molecular weight excluding hydrogens is 595 g/mol. The third-order valence-corrected chi connectivity index (χ3v) is 10.4. The number of carbonyl (C=O) groups is 4. The number of hydrogen-bond donors (Lipinski definition) is 1. The molecular formula is C38H57N3O4S. The molecule has 254 valence electrons. The fraction of sp³-hybridized carbons (Fsp3) is 0.658. The van der Waals surface area contributed by atoms with Crippen LogP contribution in [0.15, 0.2) is 47.5 Å². The molecule has 2 aliphatic rings. The van der Waals surface area contributed by atoms with Crippen molar-refractivity contribution < 1.29 is 19.2 Å². The molecule has 0 radical (unpaired) electrons. The largest absolute Gasteiger partial charge is 0.346 e. The third-order valence-electron chi connectivity index (χ3n) is 9.20. The summed E-state index contributed by atoms with van der Waals surface area (Å²) in [4.78, 5) is 60.9. The zero-order chi connectivity index (χ0) is 33.8. The number of likely N-dealkylation sites (tertiary alicyclic amines) is 1. The zero-order valence-electron chi connectivity index (χ0n) is 29.2. The van der Waals surface area contributed by atoms with Crippen molar-refractivity contribution in [1.29, 1.82) is 0 Å². The minimum Gasteiger partial charge on any atom is -0.346 e. The summed E-state index contributed by atoms with van der Waals surface area (Å²) in [6, 6.07) is 8.89. The van der Waals surface area contributed by atoms with E-state index in [0.29, 0.717) is 42.9 Å². The van der Waals surface area contributed by atoms with E-state index in [4.69, 9.17) is 0 Å². The van der Waals surface area contributed by atoms with Gasteiger partial charge in [0.05, 0.1) is 29.5 Å². The van der Waals surface area contributed by atoms with E-state index in [1.807, 2.05) is 57.2 Å². The van der Waals surface area contributed by atoms with Gasteiger partial charge in [0.15, 0.2) is 11.6 Å². The lowest BCUT2D eigenvalue weighted by molar-refractivity contribution is -0.141. The Morgan fingerprint density at radius 1 is 1.04 bits per heavy atom. The maximum Gasteiger partial charge on any atom is 0.230 e. The normalized spacial score (nSPS) is 21.2. The van der Waals surface area contributed by atoms with Crippen molar-refractivity contribution in [2.24, 2.45) is 34.6 Å². The van der Waals surface area contributed by atoms with E-state index in [9.17, 15) is 19.2 Å². The number of benzene rings is 1. The molecule has 1 fully saturated rings. The molecule has 7 nitrogen and oxygen atoms in total. The van der Waals surface area contributed by atoms with Crippen molar-refractivity contribution in [3.63, 3.8) is 0 Å². The maximum absolute atomic E-state index is 14.1. The topological polar surface area (TPSA) is 95.9 Å². The van der Waals surface area contributed by atoms with E-state index in [-0.39, 0.29) is 48.1 Å². The van der Waals surface area contributed by atoms with Crippen molar-refractivity contribution in [2.75, 3.05) is 13.1 Å². The van der Waals surface area contributed by atoms with Gasteiger partial charge in [0.25, 0.3) is 0 Å². The van der Waals surface area contributed by atoms with Crippen molar-refractivity contribution in [3.8, 4) is 0 Å². The molecule has 6 atom stereocenters. The summed E-state index contributed by atoms with van der Waals surface area (Å²) in [7, 11) is 0. The third kappa shape index (κ3) is 11.5. The highest BCUT2D eigenvalue weighted by Crippen LogP contribution is 2.28. The number of thioether (sulfide) groups is 1. The van der Waals surface area contributed by atoms with Gasteiger partial charge < -0.3 is 10.2 Å². The van der Waals surface area contributed by atoms with Crippen molar-refractivity contribution in [2.45, 2.75) is 117 Å². The van der Waals surface area contributed by atoms with Crippen LogP contribution in [0.4, 0.5) is 0 Å². The van der Waals surface area contributed by atoms with Crippen LogP contribution in [0.1, 0.15) is 99.0 Å². The quantitative estimate of drug-likeness (QED) is 0.182. The Hall–Kier alpha value is -2.74. The molecule has 1 N–H and O–H groups in total. The van der Waals surface area contributed by atoms with Gasteiger partial charge in [-0.25, -0.2) is 0 Å². The van der Waals surface area contributed by atoms with E-state index in [2.05, 4.69) is 44.1 Å². The van der Waals surface area contributed by atoms with Crippen LogP contribution < -0.4 is 5.32 Å². The Kier molecular flexibility index (Phi) is 15.2. The highest BCUT2D eigenvalue weighted by molar-refractivity contribution is 8.14. The highest BCUT2D eigenvalue weighted by Gasteiger charge is 2.39. The molecule has 2 aliphatic heterocycles. The van der Waals surface area contributed by atoms with Crippen LogP contribution in [0, 0.1) is 29.6 Å². The monoisotopic (exact) mass is 651 g/mol. The van der Waals surface area contributed by atoms with Gasteiger partial charge in [-0.05, 0) is 61.8 Å². The number of amides is 2. The van der Waals surface area contributed by atoms with Gasteiger partial charge in [0.2, 0.25) is 11.8 Å². The summed E-state index contributed by atoms with van der Waals surface area (Å²) in [5.41, 5.74) is 1.09. The molecule has 0 spiro atoms. The molecule has 0 aromatic heterocycles. The van der Waals surface area contributed by atoms with Gasteiger partial charge >= 0.3 is 0 Å². The fourth-order valence-corrected chi connectivity index (χ4v) is 7.65. The van der Waals surface area contributed by atoms with Gasteiger partial charge in [-0.3, -0.25) is 24.2 Å². The van der Waals surface area contributed by atoms with Gasteiger partial charge in [-0.15, -0.1) is 11.8 Å². The summed E-state index contributed by atoms with van der Waals surface area (Å²) in [5, 5.41) is 4.25. The predicted octanol–water partition coefficient (Wildman–Crippen LogP) is 7.08. The molecule has 1 saturated heterocycles. The molecule has 3 rings (SSSR count). The standard InChI is InChI=1S/C38H57N3O4S/c1-8-32(34(42)24-36-39-19-18-28(7)46-36)40-37(44)31(26(4)5)23-35(43)33-15-12-20-41(33)38(45)30(17-16-27(6)21-25(2)3)22-29-13-10-9-11-14-29/h9-11,13-14,16-17,25-28,30-33H,8,12,15,18-24H2,1-7H3,(H,40,44)/b17-16+/t27-,28?,30-,31+,32+,33+/m1/s1. The van der Waals surface area contributed by atoms with Crippen LogP contribution in [0.25, 0.3) is 0 Å². The Balaban J connectivity index is 1.70. The first-order valence-electron chi connectivity index (χ1n) is 17.5. The van der Waals surface area contributed by atoms with Crippen LogP contribution in [-0.4, -0.2) is 63.7 Å². The number of Topliss-reactive ketones (excluding diaryl/α,β-unsaturated/α-hetero) is 2. The van der Waals surface area contributed by atoms with E-state index < -0.39 is 18.0 Å². The summed E-state index contributed by atoms with van der Waals surface area (Å²) in [6.45, 7) is 15.8. The van der Waals surface area contributed by atoms with E-state index >= 15 is 0 Å². The molecule has 46 heavy (non-hydrogen) atoms. The number of carbonyl (C=O) groups excluding carboxylic acids is 4.